The van der Waals surface area contributed by atoms with E-state index in [1.165, 1.54) is 13.0 Å². The minimum atomic E-state index is -0.799. The maximum atomic E-state index is 10.4. The molecule has 0 fully saturated rings. The van der Waals surface area contributed by atoms with Crippen LogP contribution in [0, 0.1) is 10.1 Å². The van der Waals surface area contributed by atoms with Crippen molar-refractivity contribution in [2.75, 3.05) is 0 Å². The summed E-state index contributed by atoms with van der Waals surface area (Å²) in [6, 6.07) is 6.16. The van der Waals surface area contributed by atoms with Gasteiger partial charge in [-0.05, 0) is 13.0 Å². The van der Waals surface area contributed by atoms with Gasteiger partial charge in [0.25, 0.3) is 5.69 Å². The normalized spacial score (nSPS) is 12.5. The number of aliphatic hydroxyl groups excluding tert-OH is 1. The lowest BCUT2D eigenvalue weighted by molar-refractivity contribution is -0.386. The molecule has 4 nitrogen and oxygen atoms in total. The minimum Gasteiger partial charge on any atom is -0.388 e. The smallest absolute Gasteiger partial charge is 0.275 e. The average molecular weight is 167 g/mol. The van der Waals surface area contributed by atoms with Crippen LogP contribution in [0.1, 0.15) is 18.6 Å². The van der Waals surface area contributed by atoms with E-state index in [0.717, 1.165) is 0 Å². The van der Waals surface area contributed by atoms with Crippen molar-refractivity contribution in [1.82, 2.24) is 0 Å². The van der Waals surface area contributed by atoms with E-state index >= 15 is 0 Å². The molecule has 0 aliphatic rings. The molecule has 0 saturated heterocycles. The molecule has 1 aromatic carbocycles. The lowest BCUT2D eigenvalue weighted by Gasteiger charge is -2.03. The maximum absolute atomic E-state index is 10.4. The molecule has 0 bridgehead atoms. The standard InChI is InChI=1S/C8H9NO3/c1-6(10)7-4-2-3-5-8(7)9(11)12/h2-6,10H,1H3/t6-/m1/s1. The van der Waals surface area contributed by atoms with Crippen LogP contribution < -0.4 is 0 Å². The van der Waals surface area contributed by atoms with Crippen molar-refractivity contribution in [2.24, 2.45) is 0 Å². The first-order chi connectivity index (χ1) is 5.63. The second-order valence-corrected chi connectivity index (χ2v) is 2.49. The zero-order valence-corrected chi connectivity index (χ0v) is 6.60. The van der Waals surface area contributed by atoms with Crippen molar-refractivity contribution >= 4 is 5.69 Å². The number of aliphatic hydroxyl groups is 1. The SMILES string of the molecule is C[C@@H](O)c1ccccc1[N+](=O)[O-]. The third-order valence-corrected chi connectivity index (χ3v) is 1.58. The van der Waals surface area contributed by atoms with Crippen LogP contribution in [0.25, 0.3) is 0 Å². The van der Waals surface area contributed by atoms with E-state index in [-0.39, 0.29) is 5.69 Å². The monoisotopic (exact) mass is 167 g/mol. The van der Waals surface area contributed by atoms with Crippen LogP contribution >= 0.6 is 0 Å². The van der Waals surface area contributed by atoms with Crippen molar-refractivity contribution in [1.29, 1.82) is 0 Å². The number of rotatable bonds is 2. The van der Waals surface area contributed by atoms with E-state index in [4.69, 9.17) is 5.11 Å². The lowest BCUT2D eigenvalue weighted by Crippen LogP contribution is -1.98. The number of para-hydroxylation sites is 1. The van der Waals surface area contributed by atoms with Gasteiger partial charge in [-0.1, -0.05) is 12.1 Å². The highest BCUT2D eigenvalue weighted by atomic mass is 16.6. The molecule has 1 rings (SSSR count). The molecule has 1 atom stereocenters. The van der Waals surface area contributed by atoms with Gasteiger partial charge >= 0.3 is 0 Å². The summed E-state index contributed by atoms with van der Waals surface area (Å²) in [6.45, 7) is 1.50. The molecule has 0 unspecified atom stereocenters. The van der Waals surface area contributed by atoms with Gasteiger partial charge in [0.15, 0.2) is 0 Å². The summed E-state index contributed by atoms with van der Waals surface area (Å²) in [5, 5.41) is 19.6. The summed E-state index contributed by atoms with van der Waals surface area (Å²) >= 11 is 0. The fraction of sp³-hybridized carbons (Fsp3) is 0.250. The maximum Gasteiger partial charge on any atom is 0.275 e. The van der Waals surface area contributed by atoms with Crippen molar-refractivity contribution in [3.63, 3.8) is 0 Å². The molecule has 0 aromatic heterocycles. The molecule has 12 heavy (non-hydrogen) atoms. The third kappa shape index (κ3) is 1.60. The van der Waals surface area contributed by atoms with E-state index in [2.05, 4.69) is 0 Å². The van der Waals surface area contributed by atoms with Gasteiger partial charge in [0.2, 0.25) is 0 Å². The summed E-state index contributed by atoms with van der Waals surface area (Å²) in [4.78, 5) is 9.92. The van der Waals surface area contributed by atoms with Crippen LogP contribution in [-0.2, 0) is 0 Å². The van der Waals surface area contributed by atoms with Gasteiger partial charge in [0.05, 0.1) is 16.6 Å². The van der Waals surface area contributed by atoms with Gasteiger partial charge in [0.1, 0.15) is 0 Å². The zero-order valence-electron chi connectivity index (χ0n) is 6.60. The predicted octanol–water partition coefficient (Wildman–Crippen LogP) is 1.65. The van der Waals surface area contributed by atoms with Crippen LogP contribution in [0.15, 0.2) is 24.3 Å². The number of nitrogens with zero attached hydrogens (tertiary/aromatic N) is 1. The number of nitro groups is 1. The third-order valence-electron chi connectivity index (χ3n) is 1.58. The Bertz CT molecular complexity index is 296. The Balaban J connectivity index is 3.17. The Morgan fingerprint density at radius 3 is 2.50 bits per heavy atom. The highest BCUT2D eigenvalue weighted by molar-refractivity contribution is 5.40. The highest BCUT2D eigenvalue weighted by Crippen LogP contribution is 2.23. The average Bonchev–Trinajstić information content (AvgIpc) is 2.04. The van der Waals surface area contributed by atoms with E-state index in [1.807, 2.05) is 0 Å². The Kier molecular flexibility index (Phi) is 2.40. The largest absolute Gasteiger partial charge is 0.388 e. The van der Waals surface area contributed by atoms with Crippen molar-refractivity contribution in [3.8, 4) is 0 Å². The highest BCUT2D eigenvalue weighted by Gasteiger charge is 2.15. The molecular weight excluding hydrogens is 158 g/mol. The van der Waals surface area contributed by atoms with E-state index in [0.29, 0.717) is 5.56 Å². The van der Waals surface area contributed by atoms with Gasteiger partial charge in [0, 0.05) is 6.07 Å². The van der Waals surface area contributed by atoms with Crippen LogP contribution in [0.5, 0.6) is 0 Å². The van der Waals surface area contributed by atoms with Crippen molar-refractivity contribution in [2.45, 2.75) is 13.0 Å². The molecule has 0 radical (unpaired) electrons. The second kappa shape index (κ2) is 3.32. The first-order valence-corrected chi connectivity index (χ1v) is 3.54. The van der Waals surface area contributed by atoms with E-state index < -0.39 is 11.0 Å². The molecular formula is C8H9NO3. The Morgan fingerprint density at radius 2 is 2.08 bits per heavy atom. The van der Waals surface area contributed by atoms with Crippen LogP contribution in [-0.4, -0.2) is 10.0 Å². The molecule has 0 saturated carbocycles. The number of hydrogen-bond acceptors (Lipinski definition) is 3. The van der Waals surface area contributed by atoms with Gasteiger partial charge in [-0.2, -0.15) is 0 Å². The molecule has 0 spiro atoms. The van der Waals surface area contributed by atoms with Crippen molar-refractivity contribution in [3.05, 3.63) is 39.9 Å². The fourth-order valence-corrected chi connectivity index (χ4v) is 1.01. The van der Waals surface area contributed by atoms with E-state index in [1.54, 1.807) is 18.2 Å². The summed E-state index contributed by atoms with van der Waals surface area (Å²) in [7, 11) is 0. The number of hydrogen-bond donors (Lipinski definition) is 1. The molecule has 0 aliphatic carbocycles. The molecule has 1 N–H and O–H groups in total. The first-order valence-electron chi connectivity index (χ1n) is 3.54. The van der Waals surface area contributed by atoms with Gasteiger partial charge in [-0.15, -0.1) is 0 Å². The minimum absolute atomic E-state index is 0.0347. The first kappa shape index (κ1) is 8.67. The summed E-state index contributed by atoms with van der Waals surface area (Å²) in [5.41, 5.74) is 0.315. The van der Waals surface area contributed by atoms with Gasteiger partial charge in [-0.3, -0.25) is 10.1 Å². The van der Waals surface area contributed by atoms with Gasteiger partial charge < -0.3 is 5.11 Å². The summed E-state index contributed by atoms with van der Waals surface area (Å²) in [5.74, 6) is 0. The number of nitro benzene ring substituents is 1. The Labute approximate surface area is 69.6 Å². The van der Waals surface area contributed by atoms with Gasteiger partial charge in [-0.25, -0.2) is 0 Å². The molecule has 4 heteroatoms. The van der Waals surface area contributed by atoms with Crippen LogP contribution in [0.4, 0.5) is 5.69 Å². The predicted molar refractivity (Wildman–Crippen MR) is 43.7 cm³/mol. The molecule has 64 valence electrons. The molecule has 0 amide bonds. The van der Waals surface area contributed by atoms with E-state index in [9.17, 15) is 10.1 Å². The second-order valence-electron chi connectivity index (χ2n) is 2.49. The molecule has 1 aromatic rings. The fourth-order valence-electron chi connectivity index (χ4n) is 1.01. The van der Waals surface area contributed by atoms with Crippen molar-refractivity contribution < 1.29 is 10.0 Å². The summed E-state index contributed by atoms with van der Waals surface area (Å²) < 4.78 is 0. The molecule has 0 aliphatic heterocycles. The Hall–Kier alpha value is -1.42. The number of benzene rings is 1. The quantitative estimate of drug-likeness (QED) is 0.538. The topological polar surface area (TPSA) is 63.4 Å². The zero-order chi connectivity index (χ0) is 9.14. The van der Waals surface area contributed by atoms with Crippen LogP contribution in [0.2, 0.25) is 0 Å². The Morgan fingerprint density at radius 1 is 1.50 bits per heavy atom. The lowest BCUT2D eigenvalue weighted by atomic mass is 10.1. The van der Waals surface area contributed by atoms with Crippen LogP contribution in [0.3, 0.4) is 0 Å². The summed E-state index contributed by atoms with van der Waals surface area (Å²) in [6.07, 6.45) is -0.799. The molecule has 0 heterocycles.